The first-order valence-corrected chi connectivity index (χ1v) is 10.3. The number of guanidine groups is 1. The van der Waals surface area contributed by atoms with Gasteiger partial charge in [0.05, 0.1) is 0 Å². The van der Waals surface area contributed by atoms with Gasteiger partial charge in [-0.3, -0.25) is 4.99 Å². The zero-order valence-electron chi connectivity index (χ0n) is 14.5. The Balaban J connectivity index is 1.49. The summed E-state index contributed by atoms with van der Waals surface area (Å²) in [7, 11) is -4.47. The van der Waals surface area contributed by atoms with Crippen molar-refractivity contribution in [3.05, 3.63) is 29.3 Å². The van der Waals surface area contributed by atoms with E-state index in [0.717, 1.165) is 22.8 Å². The van der Waals surface area contributed by atoms with Crippen LogP contribution >= 0.6 is 0 Å². The van der Waals surface area contributed by atoms with Crippen molar-refractivity contribution in [3.8, 4) is 0 Å². The first kappa shape index (κ1) is 19.0. The fourth-order valence-electron chi connectivity index (χ4n) is 3.52. The number of aryl methyl sites for hydroxylation is 2. The number of anilines is 1. The van der Waals surface area contributed by atoms with Crippen molar-refractivity contribution in [2.45, 2.75) is 37.9 Å². The van der Waals surface area contributed by atoms with E-state index in [1.54, 1.807) is 0 Å². The van der Waals surface area contributed by atoms with Crippen LogP contribution in [0.3, 0.4) is 0 Å². The number of fused-ring (bicyclic) bond motifs is 1. The highest BCUT2D eigenvalue weighted by molar-refractivity contribution is 7.89. The molecule has 1 aliphatic carbocycles. The number of piperidine rings is 1. The number of alkyl halides is 2. The van der Waals surface area contributed by atoms with Gasteiger partial charge in [-0.2, -0.15) is 13.1 Å². The smallest absolute Gasteiger partial charge is 0.350 e. The second-order valence-electron chi connectivity index (χ2n) is 6.84. The van der Waals surface area contributed by atoms with E-state index >= 15 is 0 Å². The Kier molecular flexibility index (Phi) is 5.76. The molecule has 1 heterocycles. The van der Waals surface area contributed by atoms with E-state index < -0.39 is 15.8 Å². The third-order valence-corrected chi connectivity index (χ3v) is 6.58. The van der Waals surface area contributed by atoms with E-state index in [0.29, 0.717) is 25.3 Å². The molecule has 0 atom stereocenters. The van der Waals surface area contributed by atoms with Crippen LogP contribution in [0.4, 0.5) is 14.5 Å². The molecule has 9 heteroatoms. The predicted molar refractivity (Wildman–Crippen MR) is 97.8 cm³/mol. The number of hydrogen-bond donors (Lipinski definition) is 2. The minimum atomic E-state index is -4.47. The van der Waals surface area contributed by atoms with Gasteiger partial charge in [-0.1, -0.05) is 6.07 Å². The zero-order chi connectivity index (χ0) is 18.7. The molecular weight excluding hydrogens is 362 g/mol. The van der Waals surface area contributed by atoms with Crippen LogP contribution in [0.1, 0.15) is 30.4 Å². The summed E-state index contributed by atoms with van der Waals surface area (Å²) in [6.07, 6.45) is 4.40. The number of sulfonamides is 1. The maximum Gasteiger partial charge on any atom is 0.350 e. The molecule has 2 aliphatic rings. The van der Waals surface area contributed by atoms with Crippen LogP contribution < -0.4 is 11.1 Å². The Hall–Kier alpha value is -1.74. The molecule has 1 aromatic rings. The van der Waals surface area contributed by atoms with Crippen LogP contribution in [0.25, 0.3) is 0 Å². The normalized spacial score (nSPS) is 19.7. The number of halogens is 2. The highest BCUT2D eigenvalue weighted by Crippen LogP contribution is 2.25. The molecule has 0 aromatic heterocycles. The number of benzene rings is 1. The first-order valence-electron chi connectivity index (χ1n) is 8.82. The van der Waals surface area contributed by atoms with Gasteiger partial charge in [0, 0.05) is 25.3 Å². The van der Waals surface area contributed by atoms with Crippen molar-refractivity contribution < 1.29 is 17.2 Å². The van der Waals surface area contributed by atoms with Crippen molar-refractivity contribution >= 4 is 21.7 Å². The molecule has 1 aliphatic heterocycles. The van der Waals surface area contributed by atoms with E-state index in [1.807, 2.05) is 6.07 Å². The summed E-state index contributed by atoms with van der Waals surface area (Å²) < 4.78 is 48.9. The molecule has 0 bridgehead atoms. The number of rotatable bonds is 5. The molecule has 3 N–H and O–H groups in total. The van der Waals surface area contributed by atoms with Crippen LogP contribution in [-0.2, 0) is 22.9 Å². The predicted octanol–water partition coefficient (Wildman–Crippen LogP) is 2.17. The van der Waals surface area contributed by atoms with Gasteiger partial charge < -0.3 is 11.1 Å². The molecule has 0 unspecified atom stereocenters. The monoisotopic (exact) mass is 386 g/mol. The van der Waals surface area contributed by atoms with Crippen molar-refractivity contribution in [2.75, 3.05) is 25.0 Å². The Labute approximate surface area is 152 Å². The molecular formula is C17H24F2N4O2S. The summed E-state index contributed by atoms with van der Waals surface area (Å²) in [6.45, 7) is 0.655. The molecule has 1 aromatic carbocycles. The number of hydrogen-bond acceptors (Lipinski definition) is 3. The molecule has 1 saturated heterocycles. The molecule has 0 radical (unpaired) electrons. The molecule has 0 amide bonds. The quantitative estimate of drug-likeness (QED) is 0.600. The van der Waals surface area contributed by atoms with E-state index in [-0.39, 0.29) is 19.0 Å². The average molecular weight is 386 g/mol. The third-order valence-electron chi connectivity index (χ3n) is 5.05. The second-order valence-corrected chi connectivity index (χ2v) is 8.74. The number of aliphatic imine (C=N–C) groups is 1. The highest BCUT2D eigenvalue weighted by atomic mass is 32.2. The summed E-state index contributed by atoms with van der Waals surface area (Å²) in [5.41, 5.74) is 9.57. The Morgan fingerprint density at radius 2 is 1.96 bits per heavy atom. The summed E-state index contributed by atoms with van der Waals surface area (Å²) >= 11 is 0. The minimum Gasteiger partial charge on any atom is -0.370 e. The minimum absolute atomic E-state index is 0.102. The van der Waals surface area contributed by atoms with Gasteiger partial charge in [0.15, 0.2) is 5.96 Å². The average Bonchev–Trinajstić information content (AvgIpc) is 3.08. The standard InChI is InChI=1S/C17H24F2N4O2S/c18-16(19)26(24,25)23-8-6-12(7-9-23)11-21-17(20)22-15-5-4-13-2-1-3-14(13)10-15/h4-5,10,12,16H,1-3,6-9,11H2,(H3,20,21,22). The van der Waals surface area contributed by atoms with Crippen molar-refractivity contribution in [3.63, 3.8) is 0 Å². The van der Waals surface area contributed by atoms with Gasteiger partial charge in [0.1, 0.15) is 0 Å². The molecule has 3 rings (SSSR count). The number of nitrogens with zero attached hydrogens (tertiary/aromatic N) is 2. The van der Waals surface area contributed by atoms with Gasteiger partial charge in [-0.05, 0) is 61.3 Å². The van der Waals surface area contributed by atoms with Crippen LogP contribution in [0, 0.1) is 5.92 Å². The lowest BCUT2D eigenvalue weighted by atomic mass is 9.98. The molecule has 0 saturated carbocycles. The van der Waals surface area contributed by atoms with Crippen molar-refractivity contribution in [1.29, 1.82) is 0 Å². The maximum absolute atomic E-state index is 12.6. The molecule has 6 nitrogen and oxygen atoms in total. The van der Waals surface area contributed by atoms with Crippen molar-refractivity contribution in [1.82, 2.24) is 4.31 Å². The SMILES string of the molecule is NC(=NCC1CCN(S(=O)(=O)C(F)F)CC1)Nc1ccc2c(c1)CCC2. The Morgan fingerprint density at radius 1 is 1.27 bits per heavy atom. The Morgan fingerprint density at radius 3 is 2.65 bits per heavy atom. The first-order chi connectivity index (χ1) is 12.4. The topological polar surface area (TPSA) is 87.8 Å². The van der Waals surface area contributed by atoms with Gasteiger partial charge in [0.25, 0.3) is 10.0 Å². The van der Waals surface area contributed by atoms with Crippen LogP contribution in [0.2, 0.25) is 0 Å². The summed E-state index contributed by atoms with van der Waals surface area (Å²) in [5, 5.41) is 3.08. The van der Waals surface area contributed by atoms with Crippen LogP contribution in [0.15, 0.2) is 23.2 Å². The van der Waals surface area contributed by atoms with Crippen molar-refractivity contribution in [2.24, 2.45) is 16.6 Å². The molecule has 26 heavy (non-hydrogen) atoms. The largest absolute Gasteiger partial charge is 0.370 e. The van der Waals surface area contributed by atoms with Gasteiger partial charge in [-0.15, -0.1) is 0 Å². The maximum atomic E-state index is 12.6. The Bertz CT molecular complexity index is 775. The van der Waals surface area contributed by atoms with E-state index in [4.69, 9.17) is 5.73 Å². The van der Waals surface area contributed by atoms with E-state index in [1.165, 1.54) is 17.5 Å². The van der Waals surface area contributed by atoms with E-state index in [2.05, 4.69) is 22.4 Å². The molecule has 144 valence electrons. The van der Waals surface area contributed by atoms with E-state index in [9.17, 15) is 17.2 Å². The fourth-order valence-corrected chi connectivity index (χ4v) is 4.47. The van der Waals surface area contributed by atoms with Crippen LogP contribution in [-0.4, -0.2) is 44.1 Å². The summed E-state index contributed by atoms with van der Waals surface area (Å²) in [6, 6.07) is 6.19. The molecule has 0 spiro atoms. The van der Waals surface area contributed by atoms with Gasteiger partial charge in [0.2, 0.25) is 0 Å². The van der Waals surface area contributed by atoms with Gasteiger partial charge >= 0.3 is 5.76 Å². The lowest BCUT2D eigenvalue weighted by Crippen LogP contribution is -2.41. The van der Waals surface area contributed by atoms with Crippen LogP contribution in [0.5, 0.6) is 0 Å². The summed E-state index contributed by atoms with van der Waals surface area (Å²) in [4.78, 5) is 4.33. The number of nitrogens with two attached hydrogens (primary N) is 1. The molecule has 1 fully saturated rings. The second kappa shape index (κ2) is 7.87. The lowest BCUT2D eigenvalue weighted by Gasteiger charge is -2.30. The summed E-state index contributed by atoms with van der Waals surface area (Å²) in [5.74, 6) is -2.91. The highest BCUT2D eigenvalue weighted by Gasteiger charge is 2.34. The van der Waals surface area contributed by atoms with Gasteiger partial charge in [-0.25, -0.2) is 8.42 Å². The number of nitrogens with one attached hydrogen (secondary N) is 1. The third kappa shape index (κ3) is 4.32. The zero-order valence-corrected chi connectivity index (χ0v) is 15.3. The lowest BCUT2D eigenvalue weighted by molar-refractivity contribution is 0.205. The fraction of sp³-hybridized carbons (Fsp3) is 0.588.